The molecule has 3 N–H and O–H groups in total. The van der Waals surface area contributed by atoms with E-state index in [4.69, 9.17) is 10.5 Å². The Morgan fingerprint density at radius 3 is 2.56 bits per heavy atom. The maximum atomic E-state index is 5.82. The summed E-state index contributed by atoms with van der Waals surface area (Å²) in [5.74, 6) is 1.41. The summed E-state index contributed by atoms with van der Waals surface area (Å²) < 4.78 is 5.22. The molecule has 1 heterocycles. The monoisotopic (exact) mass is 217 g/mol. The summed E-state index contributed by atoms with van der Waals surface area (Å²) in [6.45, 7) is 3.96. The average molecular weight is 217 g/mol. The van der Waals surface area contributed by atoms with E-state index in [1.54, 1.807) is 7.11 Å². The number of aromatic amines is 1. The molecule has 2 aromatic rings. The zero-order valence-corrected chi connectivity index (χ0v) is 9.66. The number of H-pyrrole nitrogens is 1. The van der Waals surface area contributed by atoms with Crippen molar-refractivity contribution in [3.8, 4) is 16.9 Å². The molecule has 0 atom stereocenters. The molecule has 0 radical (unpaired) electrons. The van der Waals surface area contributed by atoms with Gasteiger partial charge in [-0.3, -0.25) is 5.10 Å². The van der Waals surface area contributed by atoms with Crippen molar-refractivity contribution in [2.75, 3.05) is 12.8 Å². The van der Waals surface area contributed by atoms with E-state index in [-0.39, 0.29) is 0 Å². The van der Waals surface area contributed by atoms with Crippen LogP contribution >= 0.6 is 0 Å². The Labute approximate surface area is 94.4 Å². The van der Waals surface area contributed by atoms with Gasteiger partial charge >= 0.3 is 0 Å². The van der Waals surface area contributed by atoms with E-state index in [2.05, 4.69) is 10.2 Å². The highest BCUT2D eigenvalue weighted by molar-refractivity contribution is 5.76. The zero-order valence-electron chi connectivity index (χ0n) is 9.66. The molecule has 0 unspecified atom stereocenters. The largest absolute Gasteiger partial charge is 0.496 e. The predicted molar refractivity (Wildman–Crippen MR) is 64.5 cm³/mol. The van der Waals surface area contributed by atoms with Crippen molar-refractivity contribution < 1.29 is 4.74 Å². The van der Waals surface area contributed by atoms with Gasteiger partial charge in [0.2, 0.25) is 0 Å². The second kappa shape index (κ2) is 3.89. The zero-order chi connectivity index (χ0) is 11.7. The third-order valence-corrected chi connectivity index (χ3v) is 2.66. The Morgan fingerprint density at radius 2 is 2.06 bits per heavy atom. The number of benzene rings is 1. The lowest BCUT2D eigenvalue weighted by Gasteiger charge is -2.07. The number of hydrogen-bond acceptors (Lipinski definition) is 3. The molecule has 84 valence electrons. The molecule has 1 aromatic heterocycles. The summed E-state index contributed by atoms with van der Waals surface area (Å²) in [7, 11) is 1.67. The molecule has 1 aromatic carbocycles. The van der Waals surface area contributed by atoms with Crippen molar-refractivity contribution in [3.05, 3.63) is 29.5 Å². The second-order valence-electron chi connectivity index (χ2n) is 3.79. The summed E-state index contributed by atoms with van der Waals surface area (Å²) in [4.78, 5) is 0. The van der Waals surface area contributed by atoms with Gasteiger partial charge in [-0.05, 0) is 37.1 Å². The second-order valence-corrected chi connectivity index (χ2v) is 3.79. The number of ether oxygens (including phenoxy) is 1. The van der Waals surface area contributed by atoms with E-state index in [1.807, 2.05) is 32.0 Å². The summed E-state index contributed by atoms with van der Waals surface area (Å²) in [5.41, 5.74) is 9.90. The number of aromatic nitrogens is 2. The van der Waals surface area contributed by atoms with Crippen LogP contribution in [0.4, 0.5) is 5.82 Å². The summed E-state index contributed by atoms with van der Waals surface area (Å²) in [5, 5.41) is 6.86. The number of nitrogen functional groups attached to an aromatic ring is 1. The van der Waals surface area contributed by atoms with Crippen LogP contribution in [0.3, 0.4) is 0 Å². The Hall–Kier alpha value is -1.97. The van der Waals surface area contributed by atoms with E-state index in [1.165, 1.54) is 0 Å². The molecule has 2 rings (SSSR count). The van der Waals surface area contributed by atoms with Crippen LogP contribution in [-0.4, -0.2) is 17.3 Å². The fourth-order valence-electron chi connectivity index (χ4n) is 1.85. The molecule has 0 spiro atoms. The number of hydrogen-bond donors (Lipinski definition) is 2. The van der Waals surface area contributed by atoms with Crippen LogP contribution < -0.4 is 10.5 Å². The molecule has 0 amide bonds. The van der Waals surface area contributed by atoms with Gasteiger partial charge < -0.3 is 10.5 Å². The third kappa shape index (κ3) is 1.62. The van der Waals surface area contributed by atoms with Crippen LogP contribution in [0.1, 0.15) is 11.3 Å². The first kappa shape index (κ1) is 10.5. The Balaban J connectivity index is 2.53. The molecule has 0 aliphatic rings. The fraction of sp³-hybridized carbons (Fsp3) is 0.250. The van der Waals surface area contributed by atoms with Crippen LogP contribution in [0.2, 0.25) is 0 Å². The summed E-state index contributed by atoms with van der Waals surface area (Å²) in [6, 6.07) is 5.98. The minimum Gasteiger partial charge on any atom is -0.496 e. The number of anilines is 1. The highest BCUT2D eigenvalue weighted by Crippen LogP contribution is 2.30. The molecule has 0 saturated heterocycles. The molecule has 0 aliphatic carbocycles. The van der Waals surface area contributed by atoms with Gasteiger partial charge in [0, 0.05) is 11.3 Å². The van der Waals surface area contributed by atoms with Crippen LogP contribution in [0.15, 0.2) is 18.2 Å². The molecule has 4 heteroatoms. The number of nitrogens with two attached hydrogens (primary N) is 1. The lowest BCUT2D eigenvalue weighted by atomic mass is 10.0. The first-order valence-corrected chi connectivity index (χ1v) is 5.09. The summed E-state index contributed by atoms with van der Waals surface area (Å²) >= 11 is 0. The van der Waals surface area contributed by atoms with Crippen LogP contribution in [-0.2, 0) is 0 Å². The van der Waals surface area contributed by atoms with E-state index < -0.39 is 0 Å². The number of rotatable bonds is 2. The topological polar surface area (TPSA) is 63.9 Å². The van der Waals surface area contributed by atoms with Crippen molar-refractivity contribution >= 4 is 5.82 Å². The van der Waals surface area contributed by atoms with Gasteiger partial charge in [0.15, 0.2) is 5.82 Å². The number of nitrogens with one attached hydrogen (secondary N) is 1. The van der Waals surface area contributed by atoms with Gasteiger partial charge in [-0.2, -0.15) is 5.10 Å². The maximum Gasteiger partial charge on any atom is 0.153 e. The molecule has 16 heavy (non-hydrogen) atoms. The minimum atomic E-state index is 0.530. The number of methoxy groups -OCH3 is 1. The molecular weight excluding hydrogens is 202 g/mol. The van der Waals surface area contributed by atoms with Crippen molar-refractivity contribution in [1.29, 1.82) is 0 Å². The Morgan fingerprint density at radius 1 is 1.31 bits per heavy atom. The van der Waals surface area contributed by atoms with Gasteiger partial charge in [-0.25, -0.2) is 0 Å². The van der Waals surface area contributed by atoms with Crippen LogP contribution in [0, 0.1) is 13.8 Å². The normalized spacial score (nSPS) is 10.4. The lowest BCUT2D eigenvalue weighted by molar-refractivity contribution is 0.412. The quantitative estimate of drug-likeness (QED) is 0.811. The van der Waals surface area contributed by atoms with Gasteiger partial charge in [-0.15, -0.1) is 0 Å². The Bertz CT molecular complexity index is 497. The lowest BCUT2D eigenvalue weighted by Crippen LogP contribution is -1.91. The summed E-state index contributed by atoms with van der Waals surface area (Å²) in [6.07, 6.45) is 0. The van der Waals surface area contributed by atoms with Crippen molar-refractivity contribution in [2.45, 2.75) is 13.8 Å². The highest BCUT2D eigenvalue weighted by Gasteiger charge is 2.10. The highest BCUT2D eigenvalue weighted by atomic mass is 16.5. The first-order chi connectivity index (χ1) is 7.63. The third-order valence-electron chi connectivity index (χ3n) is 2.66. The fourth-order valence-corrected chi connectivity index (χ4v) is 1.85. The van der Waals surface area contributed by atoms with Gasteiger partial charge in [0.05, 0.1) is 7.11 Å². The predicted octanol–water partition coefficient (Wildman–Crippen LogP) is 2.28. The van der Waals surface area contributed by atoms with Gasteiger partial charge in [0.25, 0.3) is 0 Å². The maximum absolute atomic E-state index is 5.82. The first-order valence-electron chi connectivity index (χ1n) is 5.09. The Kier molecular flexibility index (Phi) is 2.56. The molecule has 0 fully saturated rings. The van der Waals surface area contributed by atoms with E-state index in [0.29, 0.717) is 5.82 Å². The number of nitrogens with zero attached hydrogens (tertiary/aromatic N) is 1. The van der Waals surface area contributed by atoms with E-state index >= 15 is 0 Å². The standard InChI is InChI=1S/C12H15N3O/c1-7-6-9(4-5-10(7)16-3)11-8(2)14-15-12(11)13/h4-6H,1-3H3,(H3,13,14,15). The van der Waals surface area contributed by atoms with Crippen molar-refractivity contribution in [1.82, 2.24) is 10.2 Å². The molecule has 0 saturated carbocycles. The molecule has 0 aliphatic heterocycles. The number of aryl methyl sites for hydroxylation is 2. The van der Waals surface area contributed by atoms with Crippen molar-refractivity contribution in [3.63, 3.8) is 0 Å². The van der Waals surface area contributed by atoms with Gasteiger partial charge in [-0.1, -0.05) is 6.07 Å². The van der Waals surface area contributed by atoms with Gasteiger partial charge in [0.1, 0.15) is 5.75 Å². The SMILES string of the molecule is COc1ccc(-c2c(N)n[nH]c2C)cc1C. The van der Waals surface area contributed by atoms with Crippen LogP contribution in [0.5, 0.6) is 5.75 Å². The minimum absolute atomic E-state index is 0.530. The van der Waals surface area contributed by atoms with Crippen molar-refractivity contribution in [2.24, 2.45) is 0 Å². The van der Waals surface area contributed by atoms with E-state index in [0.717, 1.165) is 28.1 Å². The molecule has 0 bridgehead atoms. The van der Waals surface area contributed by atoms with E-state index in [9.17, 15) is 0 Å². The van der Waals surface area contributed by atoms with Crippen LogP contribution in [0.25, 0.3) is 11.1 Å². The average Bonchev–Trinajstić information content (AvgIpc) is 2.58. The molecular formula is C12H15N3O. The smallest absolute Gasteiger partial charge is 0.153 e. The molecule has 4 nitrogen and oxygen atoms in total.